The second-order valence-corrected chi connectivity index (χ2v) is 4.17. The van der Waals surface area contributed by atoms with Crippen molar-refractivity contribution in [3.8, 4) is 0 Å². The molecule has 16 heavy (non-hydrogen) atoms. The summed E-state index contributed by atoms with van der Waals surface area (Å²) in [5.74, 6) is 0.828. The third-order valence-corrected chi connectivity index (χ3v) is 3.23. The van der Waals surface area contributed by atoms with Crippen LogP contribution in [0.5, 0.6) is 0 Å². The summed E-state index contributed by atoms with van der Waals surface area (Å²) in [6.45, 7) is 4.64. The quantitative estimate of drug-likeness (QED) is 0.754. The fraction of sp³-hybridized carbons (Fsp3) is 0.400. The van der Waals surface area contributed by atoms with Gasteiger partial charge in [0.2, 0.25) is 0 Å². The van der Waals surface area contributed by atoms with Crippen LogP contribution in [0.1, 0.15) is 28.1 Å². The van der Waals surface area contributed by atoms with Crippen LogP contribution < -0.4 is 0 Å². The first-order chi connectivity index (χ1) is 7.72. The Hall–Kier alpha value is -1.56. The Morgan fingerprint density at radius 3 is 3.00 bits per heavy atom. The molecule has 0 aliphatic heterocycles. The number of nitrogens with zero attached hydrogens (tertiary/aromatic N) is 4. The van der Waals surface area contributed by atoms with Crippen molar-refractivity contribution >= 4 is 17.3 Å². The van der Waals surface area contributed by atoms with E-state index < -0.39 is 0 Å². The molecular formula is C10H12N4OS. The molecule has 0 saturated heterocycles. The topological polar surface area (TPSA) is 60.7 Å². The fourth-order valence-corrected chi connectivity index (χ4v) is 2.10. The van der Waals surface area contributed by atoms with Gasteiger partial charge in [0.1, 0.15) is 10.7 Å². The van der Waals surface area contributed by atoms with E-state index in [1.807, 2.05) is 17.7 Å². The molecule has 0 aliphatic rings. The van der Waals surface area contributed by atoms with Crippen molar-refractivity contribution in [3.05, 3.63) is 28.8 Å². The molecule has 5 nitrogen and oxygen atoms in total. The van der Waals surface area contributed by atoms with Gasteiger partial charge in [-0.1, -0.05) is 4.49 Å². The fourth-order valence-electron chi connectivity index (χ4n) is 1.51. The van der Waals surface area contributed by atoms with Gasteiger partial charge in [0.05, 0.1) is 12.1 Å². The first-order valence-electron chi connectivity index (χ1n) is 5.04. The molecule has 0 aliphatic carbocycles. The molecule has 2 aromatic rings. The molecule has 0 radical (unpaired) electrons. The van der Waals surface area contributed by atoms with Gasteiger partial charge in [0.25, 0.3) is 0 Å². The lowest BCUT2D eigenvalue weighted by molar-refractivity contribution is 0.0993. The van der Waals surface area contributed by atoms with Crippen molar-refractivity contribution in [1.82, 2.24) is 19.1 Å². The third-order valence-electron chi connectivity index (χ3n) is 2.37. The molecule has 0 saturated carbocycles. The van der Waals surface area contributed by atoms with E-state index in [-0.39, 0.29) is 5.78 Å². The summed E-state index contributed by atoms with van der Waals surface area (Å²) in [5.41, 5.74) is 0.699. The van der Waals surface area contributed by atoms with Gasteiger partial charge in [-0.25, -0.2) is 4.98 Å². The maximum absolute atomic E-state index is 11.9. The number of aromatic nitrogens is 4. The van der Waals surface area contributed by atoms with Crippen LogP contribution in [0.4, 0.5) is 0 Å². The van der Waals surface area contributed by atoms with Gasteiger partial charge in [-0.05, 0) is 25.4 Å². The lowest BCUT2D eigenvalue weighted by atomic mass is 10.2. The number of aryl methyl sites for hydroxylation is 2. The van der Waals surface area contributed by atoms with Crippen LogP contribution in [-0.2, 0) is 13.0 Å². The zero-order valence-electron chi connectivity index (χ0n) is 9.17. The third kappa shape index (κ3) is 2.01. The monoisotopic (exact) mass is 236 g/mol. The molecule has 0 spiro atoms. The molecule has 84 valence electrons. The minimum absolute atomic E-state index is 0.0356. The first-order valence-corrected chi connectivity index (χ1v) is 5.82. The van der Waals surface area contributed by atoms with Crippen LogP contribution in [-0.4, -0.2) is 24.9 Å². The van der Waals surface area contributed by atoms with Gasteiger partial charge >= 0.3 is 0 Å². The van der Waals surface area contributed by atoms with Crippen LogP contribution >= 0.6 is 11.5 Å². The van der Waals surface area contributed by atoms with E-state index in [9.17, 15) is 4.79 Å². The molecule has 2 aromatic heterocycles. The second kappa shape index (κ2) is 4.52. The molecule has 0 bridgehead atoms. The molecule has 2 heterocycles. The number of Topliss-reactive ketones (excluding diaryl/α,β-unsaturated/α-hetero) is 1. The van der Waals surface area contributed by atoms with Crippen molar-refractivity contribution in [2.24, 2.45) is 0 Å². The van der Waals surface area contributed by atoms with Crippen molar-refractivity contribution < 1.29 is 4.79 Å². The van der Waals surface area contributed by atoms with E-state index in [4.69, 9.17) is 0 Å². The average molecular weight is 236 g/mol. The number of hydrogen-bond acceptors (Lipinski definition) is 5. The van der Waals surface area contributed by atoms with Crippen LogP contribution in [0.15, 0.2) is 12.4 Å². The van der Waals surface area contributed by atoms with Gasteiger partial charge in [0.15, 0.2) is 5.78 Å². The number of imidazole rings is 1. The summed E-state index contributed by atoms with van der Waals surface area (Å²) in [4.78, 5) is 16.7. The largest absolute Gasteiger partial charge is 0.335 e. The van der Waals surface area contributed by atoms with Gasteiger partial charge in [-0.15, -0.1) is 5.10 Å². The number of rotatable bonds is 4. The zero-order valence-corrected chi connectivity index (χ0v) is 9.99. The van der Waals surface area contributed by atoms with E-state index in [2.05, 4.69) is 14.6 Å². The number of carbonyl (C=O) groups excluding carboxylic acids is 1. The van der Waals surface area contributed by atoms with Crippen molar-refractivity contribution in [2.75, 3.05) is 0 Å². The smallest absolute Gasteiger partial charge is 0.183 e. The first kappa shape index (κ1) is 10.9. The van der Waals surface area contributed by atoms with Gasteiger partial charge in [-0.3, -0.25) is 4.79 Å². The standard InChI is InChI=1S/C10H12N4OS/c1-3-14-5-4-11-9(14)6-8(15)10-7(2)12-13-16-10/h4-5H,3,6H2,1-2H3. The van der Waals surface area contributed by atoms with Crippen molar-refractivity contribution in [1.29, 1.82) is 0 Å². The Kier molecular flexibility index (Phi) is 3.09. The Morgan fingerprint density at radius 2 is 2.38 bits per heavy atom. The normalized spacial score (nSPS) is 10.6. The van der Waals surface area contributed by atoms with Crippen LogP contribution in [0.25, 0.3) is 0 Å². The summed E-state index contributed by atoms with van der Waals surface area (Å²) in [6.07, 6.45) is 3.90. The van der Waals surface area contributed by atoms with Crippen LogP contribution in [0.2, 0.25) is 0 Å². The van der Waals surface area contributed by atoms with E-state index >= 15 is 0 Å². The zero-order chi connectivity index (χ0) is 11.5. The summed E-state index contributed by atoms with van der Waals surface area (Å²) in [7, 11) is 0. The molecule has 0 N–H and O–H groups in total. The van der Waals surface area contributed by atoms with Gasteiger partial charge in [-0.2, -0.15) is 0 Å². The summed E-state index contributed by atoms with van der Waals surface area (Å²) >= 11 is 1.15. The van der Waals surface area contributed by atoms with Crippen LogP contribution in [0.3, 0.4) is 0 Å². The maximum Gasteiger partial charge on any atom is 0.183 e. The predicted molar refractivity (Wildman–Crippen MR) is 60.6 cm³/mol. The Balaban J connectivity index is 2.17. The Labute approximate surface area is 97.3 Å². The molecule has 0 aromatic carbocycles. The van der Waals surface area contributed by atoms with E-state index in [1.54, 1.807) is 13.1 Å². The summed E-state index contributed by atoms with van der Waals surface area (Å²) in [5, 5.41) is 3.83. The van der Waals surface area contributed by atoms with Crippen LogP contribution in [0, 0.1) is 6.92 Å². The highest BCUT2D eigenvalue weighted by Gasteiger charge is 2.15. The van der Waals surface area contributed by atoms with Crippen molar-refractivity contribution in [3.63, 3.8) is 0 Å². The SMILES string of the molecule is CCn1ccnc1CC(=O)c1snnc1C. The minimum atomic E-state index is 0.0356. The highest BCUT2D eigenvalue weighted by atomic mass is 32.1. The highest BCUT2D eigenvalue weighted by Crippen LogP contribution is 2.12. The molecule has 0 amide bonds. The minimum Gasteiger partial charge on any atom is -0.335 e. The second-order valence-electron chi connectivity index (χ2n) is 3.42. The maximum atomic E-state index is 11.9. The molecule has 6 heteroatoms. The molecule has 0 atom stereocenters. The summed E-state index contributed by atoms with van der Waals surface area (Å²) < 4.78 is 5.72. The molecule has 0 fully saturated rings. The van der Waals surface area contributed by atoms with Gasteiger partial charge < -0.3 is 4.57 Å². The molecule has 0 unspecified atom stereocenters. The molecule has 2 rings (SSSR count). The van der Waals surface area contributed by atoms with E-state index in [1.165, 1.54) is 0 Å². The van der Waals surface area contributed by atoms with E-state index in [0.717, 1.165) is 23.9 Å². The number of ketones is 1. The average Bonchev–Trinajstić information content (AvgIpc) is 2.86. The number of carbonyl (C=O) groups is 1. The van der Waals surface area contributed by atoms with E-state index in [0.29, 0.717) is 17.0 Å². The Morgan fingerprint density at radius 1 is 1.56 bits per heavy atom. The lowest BCUT2D eigenvalue weighted by Crippen LogP contribution is -2.09. The predicted octanol–water partition coefficient (Wildman–Crippen LogP) is 1.49. The lowest BCUT2D eigenvalue weighted by Gasteiger charge is -2.02. The van der Waals surface area contributed by atoms with Gasteiger partial charge in [0, 0.05) is 18.9 Å². The summed E-state index contributed by atoms with van der Waals surface area (Å²) in [6, 6.07) is 0. The number of hydrogen-bond donors (Lipinski definition) is 0. The molecular weight excluding hydrogens is 224 g/mol. The highest BCUT2D eigenvalue weighted by molar-refractivity contribution is 7.08. The van der Waals surface area contributed by atoms with Crippen molar-refractivity contribution in [2.45, 2.75) is 26.8 Å². The Bertz CT molecular complexity index is 502.